The molecule has 0 aliphatic rings. The SMILES string of the molecule is COc1cc(-c2noc(C)n2)c(N)cc1O. The van der Waals surface area contributed by atoms with E-state index in [9.17, 15) is 5.11 Å². The number of ether oxygens (including phenoxy) is 1. The lowest BCUT2D eigenvalue weighted by atomic mass is 10.1. The lowest BCUT2D eigenvalue weighted by Crippen LogP contribution is -1.94. The number of anilines is 1. The van der Waals surface area contributed by atoms with Crippen molar-refractivity contribution in [2.75, 3.05) is 12.8 Å². The summed E-state index contributed by atoms with van der Waals surface area (Å²) < 4.78 is 9.83. The van der Waals surface area contributed by atoms with Crippen LogP contribution in [-0.2, 0) is 0 Å². The Labute approximate surface area is 91.7 Å². The molecule has 0 saturated carbocycles. The van der Waals surface area contributed by atoms with Crippen molar-refractivity contribution >= 4 is 5.69 Å². The Bertz CT molecular complexity index is 522. The first kappa shape index (κ1) is 10.3. The van der Waals surface area contributed by atoms with Gasteiger partial charge in [-0.05, 0) is 6.07 Å². The molecule has 0 radical (unpaired) electrons. The Balaban J connectivity index is 2.56. The van der Waals surface area contributed by atoms with E-state index in [-0.39, 0.29) is 5.75 Å². The number of phenolic OH excluding ortho intramolecular Hbond substituents is 1. The molecule has 0 unspecified atom stereocenters. The first-order chi connectivity index (χ1) is 7.61. The van der Waals surface area contributed by atoms with Crippen molar-refractivity contribution in [3.63, 3.8) is 0 Å². The van der Waals surface area contributed by atoms with Crippen LogP contribution in [0.1, 0.15) is 5.89 Å². The van der Waals surface area contributed by atoms with Crippen LogP contribution >= 0.6 is 0 Å². The summed E-state index contributed by atoms with van der Waals surface area (Å²) in [7, 11) is 1.45. The fraction of sp³-hybridized carbons (Fsp3) is 0.200. The lowest BCUT2D eigenvalue weighted by molar-refractivity contribution is 0.373. The van der Waals surface area contributed by atoms with Gasteiger partial charge in [-0.1, -0.05) is 5.16 Å². The summed E-state index contributed by atoms with van der Waals surface area (Å²) in [5.74, 6) is 1.10. The van der Waals surface area contributed by atoms with E-state index in [1.165, 1.54) is 13.2 Å². The van der Waals surface area contributed by atoms with Gasteiger partial charge in [-0.15, -0.1) is 0 Å². The number of benzene rings is 1. The van der Waals surface area contributed by atoms with Crippen LogP contribution < -0.4 is 10.5 Å². The van der Waals surface area contributed by atoms with E-state index in [1.54, 1.807) is 13.0 Å². The zero-order valence-corrected chi connectivity index (χ0v) is 8.89. The van der Waals surface area contributed by atoms with Crippen LogP contribution in [0.5, 0.6) is 11.5 Å². The Morgan fingerprint density at radius 1 is 1.44 bits per heavy atom. The van der Waals surface area contributed by atoms with Crippen molar-refractivity contribution in [1.82, 2.24) is 10.1 Å². The van der Waals surface area contributed by atoms with Crippen molar-refractivity contribution in [3.8, 4) is 22.9 Å². The molecule has 2 aromatic rings. The molecule has 6 nitrogen and oxygen atoms in total. The van der Waals surface area contributed by atoms with Gasteiger partial charge in [0, 0.05) is 24.2 Å². The fourth-order valence-corrected chi connectivity index (χ4v) is 1.35. The molecule has 6 heteroatoms. The Hall–Kier alpha value is -2.24. The van der Waals surface area contributed by atoms with Gasteiger partial charge in [0.1, 0.15) is 0 Å². The maximum absolute atomic E-state index is 9.50. The average molecular weight is 221 g/mol. The highest BCUT2D eigenvalue weighted by Gasteiger charge is 2.13. The summed E-state index contributed by atoms with van der Waals surface area (Å²) in [5, 5.41) is 13.2. The third kappa shape index (κ3) is 1.65. The van der Waals surface area contributed by atoms with E-state index in [1.807, 2.05) is 0 Å². The summed E-state index contributed by atoms with van der Waals surface area (Å²) in [4.78, 5) is 4.05. The van der Waals surface area contributed by atoms with Gasteiger partial charge in [0.2, 0.25) is 11.7 Å². The van der Waals surface area contributed by atoms with Gasteiger partial charge in [-0.2, -0.15) is 4.98 Å². The van der Waals surface area contributed by atoms with Gasteiger partial charge in [-0.3, -0.25) is 0 Å². The van der Waals surface area contributed by atoms with Crippen molar-refractivity contribution in [1.29, 1.82) is 0 Å². The third-order valence-corrected chi connectivity index (χ3v) is 2.12. The number of rotatable bonds is 2. The van der Waals surface area contributed by atoms with Crippen molar-refractivity contribution in [2.24, 2.45) is 0 Å². The molecule has 0 fully saturated rings. The number of hydrogen-bond donors (Lipinski definition) is 2. The highest BCUT2D eigenvalue weighted by Crippen LogP contribution is 2.35. The first-order valence-electron chi connectivity index (χ1n) is 4.59. The van der Waals surface area contributed by atoms with Crippen LogP contribution in [-0.4, -0.2) is 22.4 Å². The number of aromatic nitrogens is 2. The van der Waals surface area contributed by atoms with Gasteiger partial charge in [0.05, 0.1) is 7.11 Å². The minimum atomic E-state index is -0.0241. The van der Waals surface area contributed by atoms with Gasteiger partial charge in [0.15, 0.2) is 11.5 Å². The van der Waals surface area contributed by atoms with E-state index in [0.29, 0.717) is 28.7 Å². The lowest BCUT2D eigenvalue weighted by Gasteiger charge is -2.07. The monoisotopic (exact) mass is 221 g/mol. The number of nitrogen functional groups attached to an aromatic ring is 1. The molecule has 0 amide bonds. The average Bonchev–Trinajstić information content (AvgIpc) is 2.65. The summed E-state index contributed by atoms with van der Waals surface area (Å²) in [6.45, 7) is 1.68. The van der Waals surface area contributed by atoms with Crippen LogP contribution in [0.2, 0.25) is 0 Å². The fourth-order valence-electron chi connectivity index (χ4n) is 1.35. The molecule has 0 aliphatic heterocycles. The number of aryl methyl sites for hydroxylation is 1. The van der Waals surface area contributed by atoms with E-state index in [0.717, 1.165) is 0 Å². The number of methoxy groups -OCH3 is 1. The summed E-state index contributed by atoms with van der Waals surface area (Å²) in [6.07, 6.45) is 0. The maximum atomic E-state index is 9.50. The number of nitrogens with two attached hydrogens (primary N) is 1. The number of aromatic hydroxyl groups is 1. The molecule has 1 aromatic carbocycles. The van der Waals surface area contributed by atoms with E-state index >= 15 is 0 Å². The third-order valence-electron chi connectivity index (χ3n) is 2.12. The minimum absolute atomic E-state index is 0.0241. The van der Waals surface area contributed by atoms with E-state index < -0.39 is 0 Å². The molecule has 1 aromatic heterocycles. The van der Waals surface area contributed by atoms with Gasteiger partial charge >= 0.3 is 0 Å². The summed E-state index contributed by atoms with van der Waals surface area (Å²) >= 11 is 0. The molecule has 0 spiro atoms. The number of hydrogen-bond acceptors (Lipinski definition) is 6. The quantitative estimate of drug-likeness (QED) is 0.743. The molecule has 0 saturated heterocycles. The van der Waals surface area contributed by atoms with Crippen molar-refractivity contribution in [3.05, 3.63) is 18.0 Å². The molecule has 2 rings (SSSR count). The van der Waals surface area contributed by atoms with Crippen molar-refractivity contribution in [2.45, 2.75) is 6.92 Å². The molecule has 0 atom stereocenters. The van der Waals surface area contributed by atoms with Crippen LogP contribution in [0.3, 0.4) is 0 Å². The van der Waals surface area contributed by atoms with Crippen molar-refractivity contribution < 1.29 is 14.4 Å². The largest absolute Gasteiger partial charge is 0.504 e. The van der Waals surface area contributed by atoms with Crippen LogP contribution in [0.4, 0.5) is 5.69 Å². The Morgan fingerprint density at radius 3 is 2.75 bits per heavy atom. The zero-order valence-electron chi connectivity index (χ0n) is 8.89. The molecular weight excluding hydrogens is 210 g/mol. The van der Waals surface area contributed by atoms with Crippen LogP contribution in [0.25, 0.3) is 11.4 Å². The highest BCUT2D eigenvalue weighted by molar-refractivity contribution is 5.75. The second kappa shape index (κ2) is 3.73. The van der Waals surface area contributed by atoms with E-state index in [2.05, 4.69) is 10.1 Å². The standard InChI is InChI=1S/C10H11N3O3/c1-5-12-10(13-16-5)6-3-9(15-2)8(14)4-7(6)11/h3-4,14H,11H2,1-2H3. The number of nitrogens with zero attached hydrogens (tertiary/aromatic N) is 2. The molecule has 1 heterocycles. The zero-order chi connectivity index (χ0) is 11.7. The van der Waals surface area contributed by atoms with Crippen LogP contribution in [0, 0.1) is 6.92 Å². The summed E-state index contributed by atoms with van der Waals surface area (Å²) in [5.41, 5.74) is 6.67. The molecule has 84 valence electrons. The number of phenols is 1. The van der Waals surface area contributed by atoms with Gasteiger partial charge in [-0.25, -0.2) is 0 Å². The molecular formula is C10H11N3O3. The van der Waals surface area contributed by atoms with Gasteiger partial charge in [0.25, 0.3) is 0 Å². The predicted octanol–water partition coefficient (Wildman–Crippen LogP) is 1.34. The second-order valence-corrected chi connectivity index (χ2v) is 3.25. The minimum Gasteiger partial charge on any atom is -0.504 e. The van der Waals surface area contributed by atoms with Crippen LogP contribution in [0.15, 0.2) is 16.7 Å². The Kier molecular flexibility index (Phi) is 2.40. The Morgan fingerprint density at radius 2 is 2.19 bits per heavy atom. The smallest absolute Gasteiger partial charge is 0.223 e. The molecule has 0 bridgehead atoms. The second-order valence-electron chi connectivity index (χ2n) is 3.25. The molecule has 16 heavy (non-hydrogen) atoms. The topological polar surface area (TPSA) is 94.4 Å². The highest BCUT2D eigenvalue weighted by atomic mass is 16.5. The van der Waals surface area contributed by atoms with Gasteiger partial charge < -0.3 is 20.1 Å². The molecule has 0 aliphatic carbocycles. The summed E-state index contributed by atoms with van der Waals surface area (Å²) in [6, 6.07) is 2.95. The van der Waals surface area contributed by atoms with E-state index in [4.69, 9.17) is 15.0 Å². The predicted molar refractivity (Wildman–Crippen MR) is 57.1 cm³/mol. The molecule has 3 N–H and O–H groups in total. The maximum Gasteiger partial charge on any atom is 0.223 e. The first-order valence-corrected chi connectivity index (χ1v) is 4.59. The normalized spacial score (nSPS) is 10.4.